The van der Waals surface area contributed by atoms with Crippen molar-refractivity contribution in [2.24, 2.45) is 7.05 Å². The first-order valence-corrected chi connectivity index (χ1v) is 5.64. The van der Waals surface area contributed by atoms with Crippen molar-refractivity contribution >= 4 is 16.9 Å². The van der Waals surface area contributed by atoms with Crippen LogP contribution in [-0.2, 0) is 7.05 Å². The Labute approximate surface area is 107 Å². The molecular formula is C13H11N3O3. The molecule has 0 unspecified atom stereocenters. The van der Waals surface area contributed by atoms with Crippen molar-refractivity contribution in [3.05, 3.63) is 36.2 Å². The van der Waals surface area contributed by atoms with Gasteiger partial charge in [-0.05, 0) is 18.2 Å². The van der Waals surface area contributed by atoms with Crippen molar-refractivity contribution < 1.29 is 15.0 Å². The summed E-state index contributed by atoms with van der Waals surface area (Å²) in [5, 5.41) is 23.7. The smallest absolute Gasteiger partial charge is 0.354 e. The number of rotatable bonds is 2. The van der Waals surface area contributed by atoms with Gasteiger partial charge in [0.1, 0.15) is 11.4 Å². The second kappa shape index (κ2) is 3.88. The quantitative estimate of drug-likeness (QED) is 0.654. The maximum atomic E-state index is 11.0. The minimum Gasteiger partial charge on any atom is -0.507 e. The van der Waals surface area contributed by atoms with Crippen molar-refractivity contribution in [1.29, 1.82) is 0 Å². The molecule has 3 rings (SSSR count). The molecule has 0 aliphatic heterocycles. The molecule has 0 atom stereocenters. The Morgan fingerprint density at radius 3 is 2.89 bits per heavy atom. The van der Waals surface area contributed by atoms with E-state index in [1.807, 2.05) is 6.07 Å². The Morgan fingerprint density at radius 1 is 1.42 bits per heavy atom. The minimum absolute atomic E-state index is 0.0970. The van der Waals surface area contributed by atoms with Crippen LogP contribution in [-0.4, -0.2) is 30.9 Å². The van der Waals surface area contributed by atoms with Crippen LogP contribution in [0.4, 0.5) is 0 Å². The maximum Gasteiger partial charge on any atom is 0.354 e. The summed E-state index contributed by atoms with van der Waals surface area (Å²) in [6, 6.07) is 6.64. The number of hydrogen-bond donors (Lipinski definition) is 3. The fraction of sp³-hybridized carbons (Fsp3) is 0.0769. The van der Waals surface area contributed by atoms with Crippen molar-refractivity contribution in [3.8, 4) is 17.0 Å². The zero-order chi connectivity index (χ0) is 13.6. The van der Waals surface area contributed by atoms with E-state index in [1.165, 1.54) is 10.7 Å². The lowest BCUT2D eigenvalue weighted by atomic mass is 10.1. The summed E-state index contributed by atoms with van der Waals surface area (Å²) >= 11 is 0. The topological polar surface area (TPSA) is 91.1 Å². The summed E-state index contributed by atoms with van der Waals surface area (Å²) in [5.41, 5.74) is 2.06. The summed E-state index contributed by atoms with van der Waals surface area (Å²) in [5.74, 6) is -0.901. The highest BCUT2D eigenvalue weighted by molar-refractivity contribution is 5.99. The Balaban J connectivity index is 2.25. The van der Waals surface area contributed by atoms with E-state index in [9.17, 15) is 9.90 Å². The molecule has 6 heteroatoms. The van der Waals surface area contributed by atoms with Gasteiger partial charge in [0.2, 0.25) is 0 Å². The van der Waals surface area contributed by atoms with E-state index in [0.29, 0.717) is 16.6 Å². The summed E-state index contributed by atoms with van der Waals surface area (Å²) in [6.07, 6.45) is 1.71. The fourth-order valence-electron chi connectivity index (χ4n) is 2.17. The monoisotopic (exact) mass is 257 g/mol. The number of nitrogens with zero attached hydrogens (tertiary/aromatic N) is 2. The normalized spacial score (nSPS) is 11.0. The summed E-state index contributed by atoms with van der Waals surface area (Å²) in [7, 11) is 1.57. The Bertz CT molecular complexity index is 786. The number of nitrogens with one attached hydrogen (secondary N) is 1. The van der Waals surface area contributed by atoms with Gasteiger partial charge >= 0.3 is 5.97 Å². The summed E-state index contributed by atoms with van der Waals surface area (Å²) in [6.45, 7) is 0. The molecule has 2 aromatic heterocycles. The van der Waals surface area contributed by atoms with E-state index in [2.05, 4.69) is 10.1 Å². The number of aromatic nitrogens is 3. The van der Waals surface area contributed by atoms with E-state index >= 15 is 0 Å². The molecule has 0 aliphatic rings. The SMILES string of the molecule is Cn1nc(-c2c[nH]c3cccc(O)c23)cc1C(=O)O. The number of aromatic amines is 1. The van der Waals surface area contributed by atoms with E-state index in [1.54, 1.807) is 25.4 Å². The van der Waals surface area contributed by atoms with Crippen molar-refractivity contribution in [2.45, 2.75) is 0 Å². The Hall–Kier alpha value is -2.76. The number of H-pyrrole nitrogens is 1. The second-order valence-corrected chi connectivity index (χ2v) is 4.25. The molecule has 0 saturated heterocycles. The highest BCUT2D eigenvalue weighted by Gasteiger charge is 2.16. The van der Waals surface area contributed by atoms with Crippen LogP contribution in [0, 0.1) is 0 Å². The number of benzene rings is 1. The van der Waals surface area contributed by atoms with E-state index in [0.717, 1.165) is 5.52 Å². The largest absolute Gasteiger partial charge is 0.507 e. The third-order valence-corrected chi connectivity index (χ3v) is 3.06. The molecular weight excluding hydrogens is 246 g/mol. The number of aryl methyl sites for hydroxylation is 1. The predicted molar refractivity (Wildman–Crippen MR) is 69.1 cm³/mol. The highest BCUT2D eigenvalue weighted by Crippen LogP contribution is 2.34. The standard InChI is InChI=1S/C13H11N3O3/c1-16-10(13(18)19)5-9(15-16)7-6-14-8-3-2-4-11(17)12(7)8/h2-6,14,17H,1H3,(H,18,19). The van der Waals surface area contributed by atoms with Gasteiger partial charge in [0, 0.05) is 24.3 Å². The fourth-order valence-corrected chi connectivity index (χ4v) is 2.17. The summed E-state index contributed by atoms with van der Waals surface area (Å²) < 4.78 is 1.30. The number of hydrogen-bond acceptors (Lipinski definition) is 3. The van der Waals surface area contributed by atoms with Crippen molar-refractivity contribution in [2.75, 3.05) is 0 Å². The second-order valence-electron chi connectivity index (χ2n) is 4.25. The molecule has 1 aromatic carbocycles. The van der Waals surface area contributed by atoms with Gasteiger partial charge in [-0.25, -0.2) is 4.79 Å². The van der Waals surface area contributed by atoms with E-state index in [4.69, 9.17) is 5.11 Å². The number of carboxylic acid groups (broad SMARTS) is 1. The molecule has 0 radical (unpaired) electrons. The van der Waals surface area contributed by atoms with Crippen molar-refractivity contribution in [1.82, 2.24) is 14.8 Å². The first-order chi connectivity index (χ1) is 9.08. The van der Waals surface area contributed by atoms with Crippen LogP contribution >= 0.6 is 0 Å². The Kier molecular flexibility index (Phi) is 2.31. The van der Waals surface area contributed by atoms with Crippen LogP contribution in [0.15, 0.2) is 30.5 Å². The molecule has 19 heavy (non-hydrogen) atoms. The zero-order valence-corrected chi connectivity index (χ0v) is 10.1. The molecule has 0 amide bonds. The van der Waals surface area contributed by atoms with Gasteiger partial charge in [-0.15, -0.1) is 0 Å². The molecule has 0 bridgehead atoms. The molecule has 0 spiro atoms. The van der Waals surface area contributed by atoms with Crippen LogP contribution < -0.4 is 0 Å². The van der Waals surface area contributed by atoms with E-state index < -0.39 is 5.97 Å². The lowest BCUT2D eigenvalue weighted by molar-refractivity contribution is 0.0685. The number of aromatic carboxylic acids is 1. The average Bonchev–Trinajstić information content (AvgIpc) is 2.93. The molecule has 3 N–H and O–H groups in total. The number of carbonyl (C=O) groups is 1. The van der Waals surface area contributed by atoms with E-state index in [-0.39, 0.29) is 11.4 Å². The van der Waals surface area contributed by atoms with Gasteiger partial charge in [0.15, 0.2) is 0 Å². The van der Waals surface area contributed by atoms with Gasteiger partial charge in [0.05, 0.1) is 11.1 Å². The van der Waals surface area contributed by atoms with Crippen LogP contribution in [0.1, 0.15) is 10.5 Å². The Morgan fingerprint density at radius 2 is 2.21 bits per heavy atom. The highest BCUT2D eigenvalue weighted by atomic mass is 16.4. The number of carboxylic acids is 1. The molecule has 6 nitrogen and oxygen atoms in total. The van der Waals surface area contributed by atoms with Crippen LogP contribution in [0.5, 0.6) is 5.75 Å². The van der Waals surface area contributed by atoms with Gasteiger partial charge in [-0.2, -0.15) is 5.10 Å². The zero-order valence-electron chi connectivity index (χ0n) is 10.1. The van der Waals surface area contributed by atoms with Crippen LogP contribution in [0.2, 0.25) is 0 Å². The molecule has 0 saturated carbocycles. The lowest BCUT2D eigenvalue weighted by Gasteiger charge is -1.97. The summed E-state index contributed by atoms with van der Waals surface area (Å²) in [4.78, 5) is 14.0. The first-order valence-electron chi connectivity index (χ1n) is 5.64. The maximum absolute atomic E-state index is 11.0. The lowest BCUT2D eigenvalue weighted by Crippen LogP contribution is -2.04. The molecule has 0 aliphatic carbocycles. The van der Waals surface area contributed by atoms with Crippen LogP contribution in [0.25, 0.3) is 22.2 Å². The van der Waals surface area contributed by atoms with Crippen molar-refractivity contribution in [3.63, 3.8) is 0 Å². The molecule has 3 aromatic rings. The number of aromatic hydroxyl groups is 1. The first kappa shape index (κ1) is 11.3. The van der Waals surface area contributed by atoms with Gasteiger partial charge in [-0.1, -0.05) is 6.07 Å². The number of phenolic OH excluding ortho intramolecular Hbond substituents is 1. The van der Waals surface area contributed by atoms with Crippen LogP contribution in [0.3, 0.4) is 0 Å². The number of fused-ring (bicyclic) bond motifs is 1. The average molecular weight is 257 g/mol. The number of phenols is 1. The molecule has 0 fully saturated rings. The minimum atomic E-state index is -1.04. The van der Waals surface area contributed by atoms with Gasteiger partial charge in [0.25, 0.3) is 0 Å². The van der Waals surface area contributed by atoms with Gasteiger partial charge in [-0.3, -0.25) is 4.68 Å². The van der Waals surface area contributed by atoms with Gasteiger partial charge < -0.3 is 15.2 Å². The third kappa shape index (κ3) is 1.65. The third-order valence-electron chi connectivity index (χ3n) is 3.06. The predicted octanol–water partition coefficient (Wildman–Crippen LogP) is 1.97. The molecule has 2 heterocycles. The molecule has 96 valence electrons.